The van der Waals surface area contributed by atoms with E-state index >= 15 is 0 Å². The van der Waals surface area contributed by atoms with Crippen LogP contribution < -0.4 is 10.6 Å². The Morgan fingerprint density at radius 2 is 2.00 bits per heavy atom. The zero-order valence-electron chi connectivity index (χ0n) is 11.7. The fraction of sp³-hybridized carbons (Fsp3) is 0.429. The number of hydrogen-bond donors (Lipinski definition) is 3. The third-order valence-electron chi connectivity index (χ3n) is 3.03. The van der Waals surface area contributed by atoms with Crippen LogP contribution in [0.4, 0.5) is 10.5 Å². The third kappa shape index (κ3) is 4.85. The molecule has 2 amide bonds. The number of amides is 2. The summed E-state index contributed by atoms with van der Waals surface area (Å²) in [6.45, 7) is 5.63. The van der Waals surface area contributed by atoms with Crippen molar-refractivity contribution >= 4 is 33.6 Å². The molecule has 0 aromatic heterocycles. The Morgan fingerprint density at radius 3 is 2.55 bits per heavy atom. The number of hydrogen-bond acceptors (Lipinski definition) is 2. The summed E-state index contributed by atoms with van der Waals surface area (Å²) in [6, 6.07) is 4.70. The Bertz CT molecular complexity index is 503. The highest BCUT2D eigenvalue weighted by Crippen LogP contribution is 2.23. The van der Waals surface area contributed by atoms with Gasteiger partial charge in [-0.3, -0.25) is 4.79 Å². The number of urea groups is 1. The summed E-state index contributed by atoms with van der Waals surface area (Å²) in [4.78, 5) is 22.7. The van der Waals surface area contributed by atoms with E-state index in [1.54, 1.807) is 6.07 Å². The van der Waals surface area contributed by atoms with Gasteiger partial charge in [-0.2, -0.15) is 0 Å². The quantitative estimate of drug-likeness (QED) is 0.767. The molecule has 3 N–H and O–H groups in total. The van der Waals surface area contributed by atoms with Gasteiger partial charge in [0.2, 0.25) is 0 Å². The predicted molar refractivity (Wildman–Crippen MR) is 81.9 cm³/mol. The number of carbonyl (C=O) groups is 2. The van der Waals surface area contributed by atoms with Crippen LogP contribution in [0.2, 0.25) is 0 Å². The molecule has 0 aliphatic heterocycles. The zero-order valence-corrected chi connectivity index (χ0v) is 13.3. The molecule has 1 atom stereocenters. The zero-order chi connectivity index (χ0) is 15.3. The number of aliphatic carboxylic acids is 1. The molecule has 6 heteroatoms. The number of benzene rings is 1. The SMILES string of the molecule is Cc1c(Br)cccc1NC(=O)NC(CC(=O)O)C(C)C. The standard InChI is InChI=1S/C14H19BrN2O3/c1-8(2)12(7-13(18)19)17-14(20)16-11-6-4-5-10(15)9(11)3/h4-6,8,12H,7H2,1-3H3,(H,18,19)(H2,16,17,20). The number of rotatable bonds is 5. The fourth-order valence-electron chi connectivity index (χ4n) is 1.71. The lowest BCUT2D eigenvalue weighted by Gasteiger charge is -2.21. The minimum Gasteiger partial charge on any atom is -0.481 e. The Kier molecular flexibility index (Phi) is 6.01. The molecule has 1 rings (SSSR count). The molecule has 0 saturated heterocycles. The molecular formula is C14H19BrN2O3. The summed E-state index contributed by atoms with van der Waals surface area (Å²) in [6.07, 6.45) is -0.0947. The molecule has 0 bridgehead atoms. The van der Waals surface area contributed by atoms with Crippen LogP contribution in [-0.2, 0) is 4.79 Å². The number of carbonyl (C=O) groups excluding carboxylic acids is 1. The van der Waals surface area contributed by atoms with Gasteiger partial charge in [-0.15, -0.1) is 0 Å². The molecule has 1 aromatic rings. The van der Waals surface area contributed by atoms with Crippen molar-refractivity contribution in [2.45, 2.75) is 33.2 Å². The van der Waals surface area contributed by atoms with E-state index in [1.165, 1.54) is 0 Å². The maximum Gasteiger partial charge on any atom is 0.319 e. The molecular weight excluding hydrogens is 324 g/mol. The van der Waals surface area contributed by atoms with Crippen LogP contribution in [0.5, 0.6) is 0 Å². The minimum atomic E-state index is -0.928. The second kappa shape index (κ2) is 7.28. The average Bonchev–Trinajstić information content (AvgIpc) is 2.33. The maximum absolute atomic E-state index is 11.9. The van der Waals surface area contributed by atoms with Gasteiger partial charge in [0.1, 0.15) is 0 Å². The van der Waals surface area contributed by atoms with Crippen LogP contribution in [0.3, 0.4) is 0 Å². The van der Waals surface area contributed by atoms with Gasteiger partial charge >= 0.3 is 12.0 Å². The lowest BCUT2D eigenvalue weighted by molar-refractivity contribution is -0.137. The van der Waals surface area contributed by atoms with Crippen molar-refractivity contribution in [2.75, 3.05) is 5.32 Å². The smallest absolute Gasteiger partial charge is 0.319 e. The first kappa shape index (κ1) is 16.5. The van der Waals surface area contributed by atoms with Gasteiger partial charge in [0.05, 0.1) is 6.42 Å². The maximum atomic E-state index is 11.9. The third-order valence-corrected chi connectivity index (χ3v) is 3.89. The van der Waals surface area contributed by atoms with Gasteiger partial charge in [-0.25, -0.2) is 4.79 Å². The van der Waals surface area contributed by atoms with Crippen LogP contribution >= 0.6 is 15.9 Å². The van der Waals surface area contributed by atoms with E-state index in [2.05, 4.69) is 26.6 Å². The van der Waals surface area contributed by atoms with Gasteiger partial charge in [-0.05, 0) is 30.5 Å². The second-order valence-electron chi connectivity index (χ2n) is 4.96. The lowest BCUT2D eigenvalue weighted by Crippen LogP contribution is -2.42. The van der Waals surface area contributed by atoms with Gasteiger partial charge in [0, 0.05) is 16.2 Å². The van der Waals surface area contributed by atoms with Crippen LogP contribution in [0, 0.1) is 12.8 Å². The molecule has 5 nitrogen and oxygen atoms in total. The van der Waals surface area contributed by atoms with E-state index in [0.29, 0.717) is 5.69 Å². The minimum absolute atomic E-state index is 0.0421. The molecule has 0 aliphatic carbocycles. The number of carboxylic acids is 1. The molecule has 1 unspecified atom stereocenters. The first-order valence-corrected chi connectivity index (χ1v) is 7.15. The Labute approximate surface area is 126 Å². The van der Waals surface area contributed by atoms with Crippen LogP contribution in [-0.4, -0.2) is 23.1 Å². The topological polar surface area (TPSA) is 78.4 Å². The van der Waals surface area contributed by atoms with Crippen LogP contribution in [0.1, 0.15) is 25.8 Å². The first-order chi connectivity index (χ1) is 9.31. The molecule has 0 heterocycles. The summed E-state index contributed by atoms with van der Waals surface area (Å²) in [5.41, 5.74) is 1.61. The van der Waals surface area contributed by atoms with Gasteiger partial charge in [-0.1, -0.05) is 35.8 Å². The molecule has 110 valence electrons. The summed E-state index contributed by atoms with van der Waals surface area (Å²) in [7, 11) is 0. The summed E-state index contributed by atoms with van der Waals surface area (Å²) in [5, 5.41) is 14.3. The Balaban J connectivity index is 2.70. The highest BCUT2D eigenvalue weighted by Gasteiger charge is 2.19. The van der Waals surface area contributed by atoms with Gasteiger partial charge in [0.15, 0.2) is 0 Å². The largest absolute Gasteiger partial charge is 0.481 e. The van der Waals surface area contributed by atoms with E-state index in [9.17, 15) is 9.59 Å². The normalized spacial score (nSPS) is 12.1. The van der Waals surface area contributed by atoms with Gasteiger partial charge < -0.3 is 15.7 Å². The van der Waals surface area contributed by atoms with E-state index in [0.717, 1.165) is 10.0 Å². The summed E-state index contributed by atoms with van der Waals surface area (Å²) in [5.74, 6) is -0.886. The molecule has 0 radical (unpaired) electrons. The summed E-state index contributed by atoms with van der Waals surface area (Å²) < 4.78 is 0.904. The average molecular weight is 343 g/mol. The van der Waals surface area contributed by atoms with Gasteiger partial charge in [0.25, 0.3) is 0 Å². The predicted octanol–water partition coefficient (Wildman–Crippen LogP) is 3.38. The van der Waals surface area contributed by atoms with Crippen LogP contribution in [0.25, 0.3) is 0 Å². The number of halogens is 1. The lowest BCUT2D eigenvalue weighted by atomic mass is 10.0. The Hall–Kier alpha value is -1.56. The summed E-state index contributed by atoms with van der Waals surface area (Å²) >= 11 is 3.39. The van der Waals surface area contributed by atoms with Crippen molar-refractivity contribution in [2.24, 2.45) is 5.92 Å². The van der Waals surface area contributed by atoms with Crippen molar-refractivity contribution in [3.8, 4) is 0 Å². The number of anilines is 1. The van der Waals surface area contributed by atoms with Crippen molar-refractivity contribution in [1.82, 2.24) is 5.32 Å². The van der Waals surface area contributed by atoms with Crippen molar-refractivity contribution in [3.05, 3.63) is 28.2 Å². The Morgan fingerprint density at radius 1 is 1.35 bits per heavy atom. The molecule has 1 aromatic carbocycles. The molecule has 0 aliphatic rings. The molecule has 0 fully saturated rings. The molecule has 0 spiro atoms. The first-order valence-electron chi connectivity index (χ1n) is 6.35. The van der Waals surface area contributed by atoms with Crippen molar-refractivity contribution in [3.63, 3.8) is 0 Å². The number of carboxylic acid groups (broad SMARTS) is 1. The van der Waals surface area contributed by atoms with Crippen molar-refractivity contribution in [1.29, 1.82) is 0 Å². The fourth-order valence-corrected chi connectivity index (χ4v) is 2.08. The van der Waals surface area contributed by atoms with E-state index in [4.69, 9.17) is 5.11 Å². The van der Waals surface area contributed by atoms with E-state index < -0.39 is 18.0 Å². The monoisotopic (exact) mass is 342 g/mol. The highest BCUT2D eigenvalue weighted by molar-refractivity contribution is 9.10. The highest BCUT2D eigenvalue weighted by atomic mass is 79.9. The van der Waals surface area contributed by atoms with Crippen molar-refractivity contribution < 1.29 is 14.7 Å². The van der Waals surface area contributed by atoms with Crippen LogP contribution in [0.15, 0.2) is 22.7 Å². The van der Waals surface area contributed by atoms with E-state index in [-0.39, 0.29) is 12.3 Å². The second-order valence-corrected chi connectivity index (χ2v) is 5.81. The van der Waals surface area contributed by atoms with E-state index in [1.807, 2.05) is 32.9 Å². The molecule has 0 saturated carbocycles. The number of nitrogens with one attached hydrogen (secondary N) is 2. The molecule has 20 heavy (non-hydrogen) atoms.